The number of para-hydroxylation sites is 2. The fourth-order valence-electron chi connectivity index (χ4n) is 6.66. The van der Waals surface area contributed by atoms with Gasteiger partial charge in [-0.15, -0.1) is 6.42 Å². The predicted molar refractivity (Wildman–Crippen MR) is 169 cm³/mol. The third-order valence-electron chi connectivity index (χ3n) is 8.57. The molecule has 6 aromatic rings. The van der Waals surface area contributed by atoms with E-state index in [0.717, 1.165) is 66.7 Å². The molecule has 0 fully saturated rings. The quantitative estimate of drug-likeness (QED) is 0.213. The van der Waals surface area contributed by atoms with Crippen LogP contribution >= 0.6 is 0 Å². The number of fused-ring (bicyclic) bond motifs is 7. The minimum absolute atomic E-state index is 0.197. The number of hydrogen-bond acceptors (Lipinski definition) is 2. The van der Waals surface area contributed by atoms with Crippen molar-refractivity contribution in [2.75, 3.05) is 0 Å². The van der Waals surface area contributed by atoms with E-state index >= 15 is 0 Å². The average Bonchev–Trinajstić information content (AvgIpc) is 3.63. The molecule has 4 aromatic carbocycles. The molecule has 3 heteroatoms. The maximum absolute atomic E-state index is 6.41. The minimum atomic E-state index is -0.338. The minimum Gasteiger partial charge on any atom is -0.482 e. The van der Waals surface area contributed by atoms with E-state index in [1.165, 1.54) is 5.56 Å². The molecule has 2 aliphatic rings. The van der Waals surface area contributed by atoms with Gasteiger partial charge in [-0.05, 0) is 67.4 Å². The molecule has 3 nitrogen and oxygen atoms in total. The van der Waals surface area contributed by atoms with Gasteiger partial charge in [0.1, 0.15) is 22.6 Å². The predicted octanol–water partition coefficient (Wildman–Crippen LogP) is 9.57. The smallest absolute Gasteiger partial charge is 0.159 e. The summed E-state index contributed by atoms with van der Waals surface area (Å²) >= 11 is 0. The van der Waals surface area contributed by atoms with Gasteiger partial charge in [0, 0.05) is 33.2 Å². The van der Waals surface area contributed by atoms with Crippen LogP contribution in [0, 0.1) is 12.3 Å². The van der Waals surface area contributed by atoms with Crippen molar-refractivity contribution in [2.24, 2.45) is 0 Å². The highest BCUT2D eigenvalue weighted by atomic mass is 16.5. The third-order valence-corrected chi connectivity index (χ3v) is 8.57. The number of hydrogen-bond donors (Lipinski definition) is 0. The lowest BCUT2D eigenvalue weighted by Crippen LogP contribution is -2.32. The van der Waals surface area contributed by atoms with E-state index in [9.17, 15) is 0 Å². The summed E-state index contributed by atoms with van der Waals surface area (Å²) in [6, 6.07) is 27.6. The Kier molecular flexibility index (Phi) is 4.99. The molecule has 2 atom stereocenters. The Bertz CT molecular complexity index is 2180. The molecule has 3 heterocycles. The summed E-state index contributed by atoms with van der Waals surface area (Å²) in [4.78, 5) is 0. The van der Waals surface area contributed by atoms with Crippen LogP contribution in [0.2, 0.25) is 0 Å². The number of allylic oxidation sites excluding steroid dienone is 3. The van der Waals surface area contributed by atoms with E-state index in [1.54, 1.807) is 0 Å². The van der Waals surface area contributed by atoms with Crippen LogP contribution in [-0.2, 0) is 0 Å². The van der Waals surface area contributed by atoms with Crippen molar-refractivity contribution in [2.45, 2.75) is 25.4 Å². The maximum atomic E-state index is 6.41. The summed E-state index contributed by atoms with van der Waals surface area (Å²) < 4.78 is 14.9. The van der Waals surface area contributed by atoms with Gasteiger partial charge in [-0.25, -0.2) is 0 Å². The molecule has 0 saturated heterocycles. The summed E-state index contributed by atoms with van der Waals surface area (Å²) in [6.45, 7) is 4.18. The zero-order valence-corrected chi connectivity index (χ0v) is 22.9. The molecule has 196 valence electrons. The number of terminal acetylenes is 1. The lowest BCUT2D eigenvalue weighted by atomic mass is 9.82. The van der Waals surface area contributed by atoms with Crippen molar-refractivity contribution in [1.82, 2.24) is 4.57 Å². The molecule has 0 saturated carbocycles. The van der Waals surface area contributed by atoms with Crippen molar-refractivity contribution in [1.29, 1.82) is 0 Å². The fraction of sp³-hybridized carbons (Fsp3) is 0.105. The van der Waals surface area contributed by atoms with E-state index in [2.05, 4.69) is 108 Å². The molecule has 8 rings (SSSR count). The van der Waals surface area contributed by atoms with Crippen molar-refractivity contribution in [3.05, 3.63) is 126 Å². The van der Waals surface area contributed by atoms with Crippen molar-refractivity contribution in [3.63, 3.8) is 0 Å². The molecule has 0 spiro atoms. The van der Waals surface area contributed by atoms with Gasteiger partial charge in [0.05, 0.1) is 11.2 Å². The van der Waals surface area contributed by atoms with Gasteiger partial charge in [0.15, 0.2) is 5.58 Å². The van der Waals surface area contributed by atoms with Gasteiger partial charge in [0.2, 0.25) is 0 Å². The molecule has 1 aliphatic heterocycles. The number of rotatable bonds is 3. The van der Waals surface area contributed by atoms with Gasteiger partial charge in [-0.1, -0.05) is 78.8 Å². The largest absolute Gasteiger partial charge is 0.482 e. The Balaban J connectivity index is 1.34. The summed E-state index contributed by atoms with van der Waals surface area (Å²) in [5.74, 6) is 4.15. The number of nitrogens with zero attached hydrogens (tertiary/aromatic N) is 1. The average molecular weight is 530 g/mol. The Labute approximate surface area is 238 Å². The summed E-state index contributed by atoms with van der Waals surface area (Å²) in [7, 11) is 0. The highest BCUT2D eigenvalue weighted by Crippen LogP contribution is 2.49. The van der Waals surface area contributed by atoms with Crippen LogP contribution in [0.25, 0.3) is 55.7 Å². The van der Waals surface area contributed by atoms with Crippen LogP contribution in [0.5, 0.6) is 5.75 Å². The first-order valence-corrected chi connectivity index (χ1v) is 14.0. The van der Waals surface area contributed by atoms with Crippen LogP contribution in [0.3, 0.4) is 0 Å². The van der Waals surface area contributed by atoms with Crippen molar-refractivity contribution >= 4 is 38.9 Å². The molecular formula is C38H27NO2. The molecule has 1 aliphatic carbocycles. The SMILES string of the molecule is C#Cc1c(/C=C\C)c2cc(-c3ccc4c(c3)C3C=CC=CC3(C)O4)ccc2n1-c1cccc2c1oc1ccccc12. The summed E-state index contributed by atoms with van der Waals surface area (Å²) in [5, 5.41) is 3.27. The first-order chi connectivity index (χ1) is 20.1. The highest BCUT2D eigenvalue weighted by Gasteiger charge is 2.42. The van der Waals surface area contributed by atoms with Crippen LogP contribution in [0.15, 0.2) is 114 Å². The van der Waals surface area contributed by atoms with Crippen LogP contribution in [0.4, 0.5) is 0 Å². The van der Waals surface area contributed by atoms with Gasteiger partial charge < -0.3 is 9.15 Å². The van der Waals surface area contributed by atoms with Gasteiger partial charge in [-0.3, -0.25) is 4.57 Å². The number of ether oxygens (including phenoxy) is 1. The summed E-state index contributed by atoms with van der Waals surface area (Å²) in [6.07, 6.45) is 19.0. The monoisotopic (exact) mass is 529 g/mol. The second kappa shape index (κ2) is 8.65. The molecule has 0 radical (unpaired) electrons. The molecule has 2 unspecified atom stereocenters. The van der Waals surface area contributed by atoms with Crippen LogP contribution in [0.1, 0.15) is 36.6 Å². The molecular weight excluding hydrogens is 502 g/mol. The Morgan fingerprint density at radius 1 is 0.902 bits per heavy atom. The zero-order valence-electron chi connectivity index (χ0n) is 22.9. The molecule has 2 aromatic heterocycles. The highest BCUT2D eigenvalue weighted by molar-refractivity contribution is 6.08. The van der Waals surface area contributed by atoms with E-state index in [-0.39, 0.29) is 11.5 Å². The normalized spacial score (nSPS) is 19.2. The molecule has 0 bridgehead atoms. The second-order valence-corrected chi connectivity index (χ2v) is 11.0. The Morgan fingerprint density at radius 3 is 2.61 bits per heavy atom. The zero-order chi connectivity index (χ0) is 27.7. The third kappa shape index (κ3) is 3.34. The van der Waals surface area contributed by atoms with E-state index in [4.69, 9.17) is 15.6 Å². The second-order valence-electron chi connectivity index (χ2n) is 11.0. The lowest BCUT2D eigenvalue weighted by molar-refractivity contribution is 0.155. The van der Waals surface area contributed by atoms with Crippen LogP contribution in [-0.4, -0.2) is 10.2 Å². The Hall–Kier alpha value is -5.20. The van der Waals surface area contributed by atoms with Crippen molar-refractivity contribution < 1.29 is 9.15 Å². The molecule has 0 amide bonds. The van der Waals surface area contributed by atoms with Gasteiger partial charge in [0.25, 0.3) is 0 Å². The Morgan fingerprint density at radius 2 is 1.73 bits per heavy atom. The van der Waals surface area contributed by atoms with Gasteiger partial charge in [-0.2, -0.15) is 0 Å². The molecule has 0 N–H and O–H groups in total. The van der Waals surface area contributed by atoms with Gasteiger partial charge >= 0.3 is 0 Å². The first kappa shape index (κ1) is 23.7. The fourth-order valence-corrected chi connectivity index (χ4v) is 6.66. The van der Waals surface area contributed by atoms with Crippen molar-refractivity contribution in [3.8, 4) is 34.9 Å². The van der Waals surface area contributed by atoms with E-state index < -0.39 is 0 Å². The lowest BCUT2D eigenvalue weighted by Gasteiger charge is -2.27. The molecule has 41 heavy (non-hydrogen) atoms. The van der Waals surface area contributed by atoms with Crippen LogP contribution < -0.4 is 4.74 Å². The topological polar surface area (TPSA) is 27.3 Å². The first-order valence-electron chi connectivity index (χ1n) is 14.0. The summed E-state index contributed by atoms with van der Waals surface area (Å²) in [5.41, 5.74) is 8.68. The maximum Gasteiger partial charge on any atom is 0.159 e. The van der Waals surface area contributed by atoms with E-state index in [0.29, 0.717) is 0 Å². The number of aromatic nitrogens is 1. The van der Waals surface area contributed by atoms with E-state index in [1.807, 2.05) is 31.2 Å². The number of furan rings is 1. The number of benzene rings is 4. The standard InChI is InChI=1S/C38H27NO2/c1-4-11-26-29-22-24(25-18-20-36-30(23-25)31-14-8-9-21-38(31,3)41-36)17-19-33(29)39(32(26)5-2)34-15-10-13-28-27-12-6-7-16-35(27)40-37(28)34/h2,4,6-23,31H,1,3H3/b11-4-.